The van der Waals surface area contributed by atoms with Crippen molar-refractivity contribution < 1.29 is 0 Å². The van der Waals surface area contributed by atoms with Crippen LogP contribution in [0.5, 0.6) is 0 Å². The molecule has 0 bridgehead atoms. The maximum atomic E-state index is 4.72. The predicted molar refractivity (Wildman–Crippen MR) is 69.2 cm³/mol. The fourth-order valence-electron chi connectivity index (χ4n) is 1.84. The SMILES string of the molecule is CC(C)(C)N1C=c2[nH]ccc2=NN1C(C)(C)C. The van der Waals surface area contributed by atoms with Gasteiger partial charge in [0.2, 0.25) is 0 Å². The number of hydrogen-bond acceptors (Lipinski definition) is 3. The van der Waals surface area contributed by atoms with Crippen LogP contribution in [0.25, 0.3) is 6.20 Å². The summed E-state index contributed by atoms with van der Waals surface area (Å²) in [4.78, 5) is 3.21. The second-order valence-electron chi connectivity index (χ2n) is 6.48. The van der Waals surface area contributed by atoms with Crippen molar-refractivity contribution in [2.75, 3.05) is 0 Å². The Morgan fingerprint density at radius 2 is 1.71 bits per heavy atom. The van der Waals surface area contributed by atoms with Gasteiger partial charge in [-0.25, -0.2) is 0 Å². The number of aromatic nitrogens is 1. The van der Waals surface area contributed by atoms with E-state index in [4.69, 9.17) is 5.10 Å². The van der Waals surface area contributed by atoms with E-state index in [-0.39, 0.29) is 11.1 Å². The van der Waals surface area contributed by atoms with Gasteiger partial charge in [-0.3, -0.25) is 5.01 Å². The lowest BCUT2D eigenvalue weighted by molar-refractivity contribution is -0.0971. The van der Waals surface area contributed by atoms with Gasteiger partial charge in [-0.05, 0) is 47.6 Å². The Bertz CT molecular complexity index is 466. The largest absolute Gasteiger partial charge is 0.359 e. The van der Waals surface area contributed by atoms with Gasteiger partial charge in [-0.15, -0.1) is 0 Å². The van der Waals surface area contributed by atoms with E-state index in [0.29, 0.717) is 0 Å². The summed E-state index contributed by atoms with van der Waals surface area (Å²) in [5, 5.41) is 11.0. The molecule has 1 aliphatic heterocycles. The first-order valence-electron chi connectivity index (χ1n) is 6.03. The van der Waals surface area contributed by atoms with Crippen molar-refractivity contribution in [2.24, 2.45) is 5.10 Å². The van der Waals surface area contributed by atoms with Crippen LogP contribution in [0.15, 0.2) is 17.4 Å². The van der Waals surface area contributed by atoms with Crippen LogP contribution in [0.4, 0.5) is 0 Å². The molecule has 4 heteroatoms. The Kier molecular flexibility index (Phi) is 2.49. The summed E-state index contributed by atoms with van der Waals surface area (Å²) in [6, 6.07) is 2.00. The van der Waals surface area contributed by atoms with Gasteiger partial charge in [-0.2, -0.15) is 10.2 Å². The summed E-state index contributed by atoms with van der Waals surface area (Å²) in [6.45, 7) is 13.1. The van der Waals surface area contributed by atoms with E-state index in [0.717, 1.165) is 10.7 Å². The summed E-state index contributed by atoms with van der Waals surface area (Å²) < 4.78 is 0. The number of nitrogens with zero attached hydrogens (tertiary/aromatic N) is 3. The van der Waals surface area contributed by atoms with Crippen LogP contribution in [0.2, 0.25) is 0 Å². The molecule has 0 fully saturated rings. The number of rotatable bonds is 0. The zero-order chi connectivity index (χ0) is 12.8. The third-order valence-corrected chi connectivity index (χ3v) is 2.70. The minimum atomic E-state index is -0.0429. The van der Waals surface area contributed by atoms with Crippen molar-refractivity contribution in [3.8, 4) is 0 Å². The molecule has 0 spiro atoms. The highest BCUT2D eigenvalue weighted by atomic mass is 15.8. The van der Waals surface area contributed by atoms with Crippen molar-refractivity contribution in [3.63, 3.8) is 0 Å². The standard InChI is InChI=1S/C13H22N4/c1-12(2,3)16-9-11-10(7-8-14-11)15-17(16)13(4,5)6/h7-9,14H,1-6H3. The van der Waals surface area contributed by atoms with Crippen molar-refractivity contribution in [1.29, 1.82) is 0 Å². The Balaban J connectivity index is 2.58. The van der Waals surface area contributed by atoms with Gasteiger partial charge in [0.1, 0.15) is 5.36 Å². The second-order valence-corrected chi connectivity index (χ2v) is 6.48. The third kappa shape index (κ3) is 2.16. The summed E-state index contributed by atoms with van der Waals surface area (Å²) in [5.74, 6) is 0. The van der Waals surface area contributed by atoms with Gasteiger partial charge in [0.25, 0.3) is 0 Å². The zero-order valence-electron chi connectivity index (χ0n) is 11.6. The minimum absolute atomic E-state index is 0.000417. The van der Waals surface area contributed by atoms with E-state index in [1.54, 1.807) is 0 Å². The van der Waals surface area contributed by atoms with Gasteiger partial charge in [-0.1, -0.05) is 0 Å². The quantitative estimate of drug-likeness (QED) is 0.736. The van der Waals surface area contributed by atoms with Gasteiger partial charge in [0.05, 0.1) is 16.4 Å². The highest BCUT2D eigenvalue weighted by molar-refractivity contribution is 5.21. The van der Waals surface area contributed by atoms with Crippen LogP contribution in [-0.4, -0.2) is 26.2 Å². The Labute approximate surface area is 103 Å². The van der Waals surface area contributed by atoms with Crippen LogP contribution in [0, 0.1) is 0 Å². The first-order chi connectivity index (χ1) is 7.69. The van der Waals surface area contributed by atoms with Gasteiger partial charge >= 0.3 is 0 Å². The van der Waals surface area contributed by atoms with Crippen molar-refractivity contribution in [1.82, 2.24) is 15.1 Å². The number of aromatic amines is 1. The van der Waals surface area contributed by atoms with E-state index in [2.05, 4.69) is 62.9 Å². The maximum Gasteiger partial charge on any atom is 0.112 e. The van der Waals surface area contributed by atoms with Crippen LogP contribution < -0.4 is 10.7 Å². The van der Waals surface area contributed by atoms with Gasteiger partial charge in [0.15, 0.2) is 0 Å². The monoisotopic (exact) mass is 234 g/mol. The third-order valence-electron chi connectivity index (χ3n) is 2.70. The molecule has 94 valence electrons. The predicted octanol–water partition coefficient (Wildman–Crippen LogP) is 1.42. The molecule has 0 aliphatic carbocycles. The smallest absolute Gasteiger partial charge is 0.112 e. The van der Waals surface area contributed by atoms with Crippen LogP contribution in [0.3, 0.4) is 0 Å². The zero-order valence-corrected chi connectivity index (χ0v) is 11.6. The highest BCUT2D eigenvalue weighted by Crippen LogP contribution is 2.25. The number of H-pyrrole nitrogens is 1. The molecule has 0 aromatic carbocycles. The molecule has 1 aromatic heterocycles. The molecule has 1 aromatic rings. The molecule has 4 nitrogen and oxygen atoms in total. The first-order valence-corrected chi connectivity index (χ1v) is 6.03. The lowest BCUT2D eigenvalue weighted by Crippen LogP contribution is -2.58. The van der Waals surface area contributed by atoms with Crippen molar-refractivity contribution in [3.05, 3.63) is 23.0 Å². The molecule has 17 heavy (non-hydrogen) atoms. The number of nitrogens with one attached hydrogen (secondary N) is 1. The molecule has 2 rings (SSSR count). The van der Waals surface area contributed by atoms with Crippen LogP contribution in [-0.2, 0) is 0 Å². The number of hydrazine groups is 1. The summed E-state index contributed by atoms with van der Waals surface area (Å²) in [5.41, 5.74) is -0.0433. The number of fused-ring (bicyclic) bond motifs is 1. The van der Waals surface area contributed by atoms with Crippen molar-refractivity contribution in [2.45, 2.75) is 52.6 Å². The Morgan fingerprint density at radius 3 is 2.24 bits per heavy atom. The normalized spacial score (nSPS) is 16.4. The molecule has 0 saturated heterocycles. The fourth-order valence-corrected chi connectivity index (χ4v) is 1.84. The Morgan fingerprint density at radius 1 is 1.06 bits per heavy atom. The number of hydrogen-bond donors (Lipinski definition) is 1. The topological polar surface area (TPSA) is 34.6 Å². The molecular formula is C13H22N4. The molecule has 0 unspecified atom stereocenters. The van der Waals surface area contributed by atoms with E-state index in [1.807, 2.05) is 12.3 Å². The van der Waals surface area contributed by atoms with Gasteiger partial charge < -0.3 is 4.98 Å². The van der Waals surface area contributed by atoms with Gasteiger partial charge in [0, 0.05) is 12.4 Å². The molecule has 0 radical (unpaired) electrons. The van der Waals surface area contributed by atoms with E-state index in [1.165, 1.54) is 0 Å². The van der Waals surface area contributed by atoms with E-state index >= 15 is 0 Å². The Hall–Kier alpha value is -1.45. The summed E-state index contributed by atoms with van der Waals surface area (Å²) in [7, 11) is 0. The lowest BCUT2D eigenvalue weighted by Gasteiger charge is -2.48. The molecule has 1 aliphatic rings. The molecular weight excluding hydrogens is 212 g/mol. The molecule has 0 atom stereocenters. The van der Waals surface area contributed by atoms with Crippen molar-refractivity contribution >= 4 is 6.20 Å². The van der Waals surface area contributed by atoms with Crippen LogP contribution >= 0.6 is 0 Å². The van der Waals surface area contributed by atoms with Crippen LogP contribution in [0.1, 0.15) is 41.5 Å². The summed E-state index contributed by atoms with van der Waals surface area (Å²) >= 11 is 0. The molecule has 1 N–H and O–H groups in total. The summed E-state index contributed by atoms with van der Waals surface area (Å²) in [6.07, 6.45) is 4.06. The average molecular weight is 234 g/mol. The van der Waals surface area contributed by atoms with E-state index < -0.39 is 0 Å². The maximum absolute atomic E-state index is 4.72. The lowest BCUT2D eigenvalue weighted by atomic mass is 10.1. The fraction of sp³-hybridized carbons (Fsp3) is 0.615. The molecule has 0 saturated carbocycles. The minimum Gasteiger partial charge on any atom is -0.359 e. The molecule has 0 amide bonds. The highest BCUT2D eigenvalue weighted by Gasteiger charge is 2.33. The molecule has 2 heterocycles. The second kappa shape index (κ2) is 3.52. The first kappa shape index (κ1) is 12.0. The van der Waals surface area contributed by atoms with E-state index in [9.17, 15) is 0 Å². The average Bonchev–Trinajstić information content (AvgIpc) is 2.59.